The number of aromatic nitrogens is 2. The molecule has 1 atom stereocenters. The number of aryl methyl sites for hydroxylation is 2. The molecule has 2 amide bonds. The van der Waals surface area contributed by atoms with Gasteiger partial charge in [0.25, 0.3) is 0 Å². The summed E-state index contributed by atoms with van der Waals surface area (Å²) in [5.41, 5.74) is 3.27. The normalized spacial score (nSPS) is 18.4. The predicted octanol–water partition coefficient (Wildman–Crippen LogP) is 2.12. The SMILES string of the molecule is Cc1ccc2c(c1)nc(CNC(=O)N1CCCC(N(C)C)C1)n2C. The lowest BCUT2D eigenvalue weighted by Crippen LogP contribution is -2.50. The van der Waals surface area contributed by atoms with Crippen molar-refractivity contribution in [1.29, 1.82) is 0 Å². The fourth-order valence-electron chi connectivity index (χ4n) is 3.35. The van der Waals surface area contributed by atoms with Crippen molar-refractivity contribution in [1.82, 2.24) is 24.7 Å². The highest BCUT2D eigenvalue weighted by molar-refractivity contribution is 5.77. The number of hydrogen-bond acceptors (Lipinski definition) is 3. The second kappa shape index (κ2) is 6.81. The molecule has 0 radical (unpaired) electrons. The van der Waals surface area contributed by atoms with Gasteiger partial charge in [-0.3, -0.25) is 0 Å². The molecule has 6 nitrogen and oxygen atoms in total. The van der Waals surface area contributed by atoms with Crippen LogP contribution in [-0.4, -0.2) is 58.6 Å². The fourth-order valence-corrected chi connectivity index (χ4v) is 3.35. The minimum absolute atomic E-state index is 0.00443. The van der Waals surface area contributed by atoms with Crippen molar-refractivity contribution >= 4 is 17.1 Å². The third kappa shape index (κ3) is 3.38. The van der Waals surface area contributed by atoms with Crippen molar-refractivity contribution in [3.05, 3.63) is 29.6 Å². The zero-order valence-corrected chi connectivity index (χ0v) is 15.0. The molecule has 0 aliphatic carbocycles. The Kier molecular flexibility index (Phi) is 4.76. The Morgan fingerprint density at radius 2 is 2.21 bits per heavy atom. The molecule has 130 valence electrons. The van der Waals surface area contributed by atoms with E-state index >= 15 is 0 Å². The first-order valence-corrected chi connectivity index (χ1v) is 8.57. The van der Waals surface area contributed by atoms with Crippen LogP contribution in [0.25, 0.3) is 11.0 Å². The van der Waals surface area contributed by atoms with Crippen LogP contribution < -0.4 is 5.32 Å². The van der Waals surface area contributed by atoms with Crippen molar-refractivity contribution in [3.8, 4) is 0 Å². The van der Waals surface area contributed by atoms with Gasteiger partial charge in [-0.1, -0.05) is 6.07 Å². The third-order valence-electron chi connectivity index (χ3n) is 4.94. The smallest absolute Gasteiger partial charge is 0.317 e. The number of likely N-dealkylation sites (N-methyl/N-ethyl adjacent to an activating group) is 1. The van der Waals surface area contributed by atoms with E-state index in [0.29, 0.717) is 12.6 Å². The summed E-state index contributed by atoms with van der Waals surface area (Å²) in [5, 5.41) is 3.03. The maximum atomic E-state index is 12.5. The summed E-state index contributed by atoms with van der Waals surface area (Å²) < 4.78 is 2.05. The number of hydrogen-bond donors (Lipinski definition) is 1. The van der Waals surface area contributed by atoms with Crippen molar-refractivity contribution in [2.75, 3.05) is 27.2 Å². The van der Waals surface area contributed by atoms with E-state index in [1.807, 2.05) is 16.5 Å². The van der Waals surface area contributed by atoms with Gasteiger partial charge < -0.3 is 19.7 Å². The lowest BCUT2D eigenvalue weighted by Gasteiger charge is -2.36. The lowest BCUT2D eigenvalue weighted by atomic mass is 10.1. The molecule has 1 aromatic carbocycles. The van der Waals surface area contributed by atoms with Gasteiger partial charge in [-0.2, -0.15) is 0 Å². The Bertz CT molecular complexity index is 736. The monoisotopic (exact) mass is 329 g/mol. The second-order valence-corrected chi connectivity index (χ2v) is 6.94. The summed E-state index contributed by atoms with van der Waals surface area (Å²) in [7, 11) is 6.15. The number of benzene rings is 1. The Morgan fingerprint density at radius 1 is 1.42 bits per heavy atom. The maximum absolute atomic E-state index is 12.5. The van der Waals surface area contributed by atoms with Crippen LogP contribution in [0.2, 0.25) is 0 Å². The van der Waals surface area contributed by atoms with Crippen LogP contribution in [0.3, 0.4) is 0 Å². The summed E-state index contributed by atoms with van der Waals surface area (Å²) in [6.07, 6.45) is 2.21. The second-order valence-electron chi connectivity index (χ2n) is 6.94. The van der Waals surface area contributed by atoms with Crippen LogP contribution in [0.15, 0.2) is 18.2 Å². The minimum Gasteiger partial charge on any atom is -0.331 e. The van der Waals surface area contributed by atoms with E-state index in [2.05, 4.69) is 54.4 Å². The maximum Gasteiger partial charge on any atom is 0.317 e. The van der Waals surface area contributed by atoms with Crippen LogP contribution in [0.4, 0.5) is 4.79 Å². The Hall–Kier alpha value is -2.08. The lowest BCUT2D eigenvalue weighted by molar-refractivity contribution is 0.139. The van der Waals surface area contributed by atoms with E-state index < -0.39 is 0 Å². The number of rotatable bonds is 3. The molecule has 2 heterocycles. The quantitative estimate of drug-likeness (QED) is 0.938. The number of carbonyl (C=O) groups excluding carboxylic acids is 1. The van der Waals surface area contributed by atoms with E-state index in [4.69, 9.17) is 0 Å². The molecule has 0 saturated carbocycles. The molecular weight excluding hydrogens is 302 g/mol. The molecule has 24 heavy (non-hydrogen) atoms. The Morgan fingerprint density at radius 3 is 2.96 bits per heavy atom. The molecule has 1 N–H and O–H groups in total. The summed E-state index contributed by atoms with van der Waals surface area (Å²) in [4.78, 5) is 21.3. The van der Waals surface area contributed by atoms with Gasteiger partial charge in [0.15, 0.2) is 0 Å². The summed E-state index contributed by atoms with van der Waals surface area (Å²) in [6, 6.07) is 6.69. The number of piperidine rings is 1. The number of fused-ring (bicyclic) bond motifs is 1. The predicted molar refractivity (Wildman–Crippen MR) is 96.0 cm³/mol. The highest BCUT2D eigenvalue weighted by atomic mass is 16.2. The van der Waals surface area contributed by atoms with Crippen molar-refractivity contribution in [2.45, 2.75) is 32.4 Å². The van der Waals surface area contributed by atoms with Gasteiger partial charge >= 0.3 is 6.03 Å². The molecule has 1 aliphatic heterocycles. The molecular formula is C18H27N5O. The molecule has 1 unspecified atom stereocenters. The summed E-state index contributed by atoms with van der Waals surface area (Å²) in [5.74, 6) is 0.880. The largest absolute Gasteiger partial charge is 0.331 e. The van der Waals surface area contributed by atoms with Gasteiger partial charge in [-0.15, -0.1) is 0 Å². The van der Waals surface area contributed by atoms with Gasteiger partial charge in [-0.25, -0.2) is 9.78 Å². The van der Waals surface area contributed by atoms with Crippen LogP contribution in [0.5, 0.6) is 0 Å². The minimum atomic E-state index is 0.00443. The number of likely N-dealkylation sites (tertiary alicyclic amines) is 1. The molecule has 0 bridgehead atoms. The van der Waals surface area contributed by atoms with Gasteiger partial charge in [0, 0.05) is 26.2 Å². The van der Waals surface area contributed by atoms with E-state index in [1.165, 1.54) is 5.56 Å². The van der Waals surface area contributed by atoms with E-state index in [1.54, 1.807) is 0 Å². The summed E-state index contributed by atoms with van der Waals surface area (Å²) in [6.45, 7) is 4.14. The first-order valence-electron chi connectivity index (χ1n) is 8.57. The molecule has 2 aromatic rings. The van der Waals surface area contributed by atoms with Crippen molar-refractivity contribution < 1.29 is 4.79 Å². The van der Waals surface area contributed by atoms with E-state index in [9.17, 15) is 4.79 Å². The van der Waals surface area contributed by atoms with Gasteiger partial charge in [-0.05, 0) is 51.6 Å². The van der Waals surface area contributed by atoms with Crippen LogP contribution in [0.1, 0.15) is 24.2 Å². The molecule has 1 saturated heterocycles. The van der Waals surface area contributed by atoms with Crippen LogP contribution >= 0.6 is 0 Å². The average molecular weight is 329 g/mol. The van der Waals surface area contributed by atoms with Crippen LogP contribution in [0, 0.1) is 6.92 Å². The highest BCUT2D eigenvalue weighted by Gasteiger charge is 2.24. The van der Waals surface area contributed by atoms with Gasteiger partial charge in [0.05, 0.1) is 17.6 Å². The van der Waals surface area contributed by atoms with Crippen molar-refractivity contribution in [2.24, 2.45) is 7.05 Å². The van der Waals surface area contributed by atoms with Gasteiger partial charge in [0.1, 0.15) is 5.82 Å². The molecule has 1 fully saturated rings. The molecule has 1 aromatic heterocycles. The number of nitrogens with zero attached hydrogens (tertiary/aromatic N) is 4. The number of amides is 2. The van der Waals surface area contributed by atoms with E-state index in [-0.39, 0.29) is 6.03 Å². The molecule has 1 aliphatic rings. The number of urea groups is 1. The first-order chi connectivity index (χ1) is 11.5. The molecule has 3 rings (SSSR count). The zero-order chi connectivity index (χ0) is 17.3. The Balaban J connectivity index is 1.65. The number of carbonyl (C=O) groups is 1. The zero-order valence-electron chi connectivity index (χ0n) is 15.0. The summed E-state index contributed by atoms with van der Waals surface area (Å²) >= 11 is 0. The fraction of sp³-hybridized carbons (Fsp3) is 0.556. The Labute approximate surface area is 143 Å². The molecule has 6 heteroatoms. The van der Waals surface area contributed by atoms with E-state index in [0.717, 1.165) is 42.8 Å². The average Bonchev–Trinajstić information content (AvgIpc) is 2.88. The number of nitrogens with one attached hydrogen (secondary N) is 1. The highest BCUT2D eigenvalue weighted by Crippen LogP contribution is 2.17. The topological polar surface area (TPSA) is 53.4 Å². The number of imidazole rings is 1. The van der Waals surface area contributed by atoms with Gasteiger partial charge in [0.2, 0.25) is 0 Å². The first kappa shape index (κ1) is 16.8. The standard InChI is InChI=1S/C18H27N5O/c1-13-7-8-16-15(10-13)20-17(22(16)4)11-19-18(24)23-9-5-6-14(12-23)21(2)3/h7-8,10,14H,5-6,9,11-12H2,1-4H3,(H,19,24). The third-order valence-corrected chi connectivity index (χ3v) is 4.94. The molecule has 0 spiro atoms. The van der Waals surface area contributed by atoms with Crippen LogP contribution in [-0.2, 0) is 13.6 Å². The van der Waals surface area contributed by atoms with Crippen molar-refractivity contribution in [3.63, 3.8) is 0 Å².